The number of hydrogen-bond donors (Lipinski definition) is 2. The van der Waals surface area contributed by atoms with Gasteiger partial charge in [-0.15, -0.1) is 0 Å². The summed E-state index contributed by atoms with van der Waals surface area (Å²) in [4.78, 5) is 18.4. The number of carbonyl (C=O) groups excluding carboxylic acids is 1. The summed E-state index contributed by atoms with van der Waals surface area (Å²) in [6, 6.07) is 3.94. The molecule has 160 valence electrons. The Morgan fingerprint density at radius 2 is 2.00 bits per heavy atom. The van der Waals surface area contributed by atoms with Gasteiger partial charge < -0.3 is 25.1 Å². The first-order valence-electron chi connectivity index (χ1n) is 10.4. The molecule has 1 saturated heterocycles. The number of rotatable bonds is 6. The van der Waals surface area contributed by atoms with Crippen molar-refractivity contribution in [2.75, 3.05) is 20.2 Å². The maximum Gasteiger partial charge on any atom is 0.410 e. The average Bonchev–Trinajstić information content (AvgIpc) is 2.68. The van der Waals surface area contributed by atoms with E-state index < -0.39 is 0 Å². The second-order valence-corrected chi connectivity index (χ2v) is 8.01. The molecule has 2 fully saturated rings. The van der Waals surface area contributed by atoms with E-state index >= 15 is 0 Å². The lowest BCUT2D eigenvalue weighted by atomic mass is 9.98. The molecule has 1 saturated carbocycles. The van der Waals surface area contributed by atoms with Crippen LogP contribution in [0.5, 0.6) is 5.75 Å². The first kappa shape index (κ1) is 21.2. The summed E-state index contributed by atoms with van der Waals surface area (Å²) in [7, 11) is 1.66. The highest BCUT2D eigenvalue weighted by molar-refractivity contribution is 5.70. The monoisotopic (exact) mass is 403 g/mol. The number of likely N-dealkylation sites (tertiary alicyclic amines) is 1. The van der Waals surface area contributed by atoms with Crippen molar-refractivity contribution in [2.45, 2.75) is 64.5 Å². The zero-order valence-corrected chi connectivity index (χ0v) is 17.7. The van der Waals surface area contributed by atoms with E-state index in [-0.39, 0.29) is 24.8 Å². The van der Waals surface area contributed by atoms with Crippen LogP contribution >= 0.6 is 0 Å². The molecule has 0 radical (unpaired) electrons. The van der Waals surface area contributed by atoms with Crippen molar-refractivity contribution in [3.8, 4) is 5.75 Å². The third-order valence-electron chi connectivity index (χ3n) is 5.78. The highest BCUT2D eigenvalue weighted by atomic mass is 16.6. The van der Waals surface area contributed by atoms with Gasteiger partial charge in [-0.3, -0.25) is 0 Å². The number of hydrogen-bond acceptors (Lipinski definition) is 7. The maximum absolute atomic E-state index is 12.2. The molecule has 1 amide bonds. The van der Waals surface area contributed by atoms with Crippen molar-refractivity contribution in [1.82, 2.24) is 14.9 Å². The van der Waals surface area contributed by atoms with Gasteiger partial charge in [0.2, 0.25) is 0 Å². The number of ether oxygens (including phenoxy) is 2. The SMILES string of the molecule is Cc1nc(/C(N)=C(\COC(=O)N2CCC2C)N(C)N)ccc1OC1CCCCC1. The molecule has 4 N–H and O–H groups in total. The molecule has 2 aliphatic rings. The standard InChI is InChI=1S/C21H33N5O3/c1-14-11-12-26(14)21(27)28-13-18(25(3)23)20(22)17-9-10-19(15(2)24-17)29-16-7-5-4-6-8-16/h9-10,14,16H,4-8,11-13,22-23H2,1-3H3/b20-18-. The summed E-state index contributed by atoms with van der Waals surface area (Å²) in [5.74, 6) is 6.73. The van der Waals surface area contributed by atoms with E-state index in [0.29, 0.717) is 17.1 Å². The molecule has 3 rings (SSSR count). The molecular weight excluding hydrogens is 370 g/mol. The van der Waals surface area contributed by atoms with Gasteiger partial charge in [-0.25, -0.2) is 15.6 Å². The number of likely N-dealkylation sites (N-methyl/N-ethyl adjacent to an activating group) is 1. The maximum atomic E-state index is 12.2. The van der Waals surface area contributed by atoms with Crippen LogP contribution in [-0.4, -0.2) is 53.3 Å². The molecule has 1 aliphatic heterocycles. The lowest BCUT2D eigenvalue weighted by Gasteiger charge is -2.37. The van der Waals surface area contributed by atoms with Crippen LogP contribution in [0.25, 0.3) is 5.70 Å². The van der Waals surface area contributed by atoms with E-state index in [9.17, 15) is 4.79 Å². The van der Waals surface area contributed by atoms with Crippen molar-refractivity contribution in [3.63, 3.8) is 0 Å². The van der Waals surface area contributed by atoms with E-state index in [0.717, 1.165) is 37.3 Å². The zero-order valence-electron chi connectivity index (χ0n) is 17.7. The number of nitrogens with zero attached hydrogens (tertiary/aromatic N) is 3. The Balaban J connectivity index is 1.70. The Bertz CT molecular complexity index is 759. The van der Waals surface area contributed by atoms with E-state index in [4.69, 9.17) is 21.1 Å². The molecule has 2 heterocycles. The minimum Gasteiger partial charge on any atom is -0.489 e. The molecule has 1 atom stereocenters. The summed E-state index contributed by atoms with van der Waals surface area (Å²) in [6.45, 7) is 4.61. The van der Waals surface area contributed by atoms with Gasteiger partial charge in [0.1, 0.15) is 12.4 Å². The summed E-state index contributed by atoms with van der Waals surface area (Å²) < 4.78 is 11.5. The van der Waals surface area contributed by atoms with Gasteiger partial charge in [-0.05, 0) is 58.1 Å². The molecule has 8 heteroatoms. The highest BCUT2D eigenvalue weighted by Gasteiger charge is 2.30. The van der Waals surface area contributed by atoms with Crippen LogP contribution in [0.1, 0.15) is 56.8 Å². The number of aromatic nitrogens is 1. The van der Waals surface area contributed by atoms with Gasteiger partial charge in [0.05, 0.1) is 28.9 Å². The van der Waals surface area contributed by atoms with Crippen LogP contribution in [0.4, 0.5) is 4.79 Å². The highest BCUT2D eigenvalue weighted by Crippen LogP contribution is 2.26. The van der Waals surface area contributed by atoms with E-state index in [1.54, 1.807) is 11.9 Å². The van der Waals surface area contributed by atoms with E-state index in [1.807, 2.05) is 26.0 Å². The topological polar surface area (TPSA) is 107 Å². The smallest absolute Gasteiger partial charge is 0.410 e. The number of aryl methyl sites for hydroxylation is 1. The molecule has 0 bridgehead atoms. The van der Waals surface area contributed by atoms with Gasteiger partial charge in [0, 0.05) is 19.6 Å². The number of pyridine rings is 1. The third kappa shape index (κ3) is 5.12. The predicted octanol–water partition coefficient (Wildman–Crippen LogP) is 2.77. The van der Waals surface area contributed by atoms with Crippen molar-refractivity contribution >= 4 is 11.8 Å². The predicted molar refractivity (Wildman–Crippen MR) is 112 cm³/mol. The minimum absolute atomic E-state index is 0.0120. The van der Waals surface area contributed by atoms with Gasteiger partial charge in [-0.2, -0.15) is 0 Å². The van der Waals surface area contributed by atoms with Gasteiger partial charge in [-0.1, -0.05) is 6.42 Å². The molecule has 8 nitrogen and oxygen atoms in total. The minimum atomic E-state index is -0.351. The Morgan fingerprint density at radius 3 is 2.55 bits per heavy atom. The molecule has 0 aromatic carbocycles. The number of carbonyl (C=O) groups is 1. The Labute approximate surface area is 172 Å². The molecule has 29 heavy (non-hydrogen) atoms. The molecule has 1 aromatic rings. The summed E-state index contributed by atoms with van der Waals surface area (Å²) in [5.41, 5.74) is 8.57. The van der Waals surface area contributed by atoms with Crippen molar-refractivity contribution in [3.05, 3.63) is 29.2 Å². The second kappa shape index (κ2) is 9.35. The zero-order chi connectivity index (χ0) is 21.0. The van der Waals surface area contributed by atoms with Crippen LogP contribution in [0, 0.1) is 6.92 Å². The Hall–Kier alpha value is -2.48. The second-order valence-electron chi connectivity index (χ2n) is 8.01. The fourth-order valence-corrected chi connectivity index (χ4v) is 3.70. The van der Waals surface area contributed by atoms with Crippen molar-refractivity contribution in [2.24, 2.45) is 11.6 Å². The van der Waals surface area contributed by atoms with Gasteiger partial charge in [0.15, 0.2) is 0 Å². The summed E-state index contributed by atoms with van der Waals surface area (Å²) >= 11 is 0. The Morgan fingerprint density at radius 1 is 1.28 bits per heavy atom. The van der Waals surface area contributed by atoms with Crippen molar-refractivity contribution < 1.29 is 14.3 Å². The summed E-state index contributed by atoms with van der Waals surface area (Å²) in [6.07, 6.45) is 6.80. The first-order valence-corrected chi connectivity index (χ1v) is 10.4. The normalized spacial score (nSPS) is 20.6. The van der Waals surface area contributed by atoms with E-state index in [1.165, 1.54) is 24.3 Å². The fraction of sp³-hybridized carbons (Fsp3) is 0.619. The Kier molecular flexibility index (Phi) is 6.84. The number of amides is 1. The van der Waals surface area contributed by atoms with Crippen LogP contribution in [-0.2, 0) is 4.74 Å². The fourth-order valence-electron chi connectivity index (χ4n) is 3.70. The molecule has 0 spiro atoms. The summed E-state index contributed by atoms with van der Waals surface area (Å²) in [5, 5.41) is 1.37. The average molecular weight is 404 g/mol. The van der Waals surface area contributed by atoms with Crippen LogP contribution < -0.4 is 16.3 Å². The quantitative estimate of drug-likeness (QED) is 0.555. The largest absolute Gasteiger partial charge is 0.489 e. The lowest BCUT2D eigenvalue weighted by molar-refractivity contribution is 0.0562. The van der Waals surface area contributed by atoms with Crippen molar-refractivity contribution in [1.29, 1.82) is 0 Å². The molecular formula is C21H33N5O3. The number of hydrazine groups is 1. The van der Waals surface area contributed by atoms with Crippen LogP contribution in [0.3, 0.4) is 0 Å². The molecule has 1 aromatic heterocycles. The molecule has 1 unspecified atom stereocenters. The number of nitrogens with two attached hydrogens (primary N) is 2. The lowest BCUT2D eigenvalue weighted by Crippen LogP contribution is -2.49. The molecule has 1 aliphatic carbocycles. The first-order chi connectivity index (χ1) is 13.9. The van der Waals surface area contributed by atoms with Crippen LogP contribution in [0.15, 0.2) is 17.8 Å². The third-order valence-corrected chi connectivity index (χ3v) is 5.78. The van der Waals surface area contributed by atoms with Crippen LogP contribution in [0.2, 0.25) is 0 Å². The van der Waals surface area contributed by atoms with Gasteiger partial charge in [0.25, 0.3) is 0 Å². The van der Waals surface area contributed by atoms with E-state index in [2.05, 4.69) is 4.98 Å². The van der Waals surface area contributed by atoms with Gasteiger partial charge >= 0.3 is 6.09 Å².